The van der Waals surface area contributed by atoms with Gasteiger partial charge in [-0.3, -0.25) is 4.79 Å². The van der Waals surface area contributed by atoms with Crippen LogP contribution in [0.15, 0.2) is 18.2 Å². The lowest BCUT2D eigenvalue weighted by molar-refractivity contribution is -0.175. The molecule has 2 aliphatic heterocycles. The van der Waals surface area contributed by atoms with Crippen LogP contribution in [0.4, 0.5) is 19.0 Å². The summed E-state index contributed by atoms with van der Waals surface area (Å²) in [6.07, 6.45) is 3.98. The van der Waals surface area contributed by atoms with Crippen LogP contribution in [0.1, 0.15) is 71.0 Å². The second-order valence-electron chi connectivity index (χ2n) is 10.3. The van der Waals surface area contributed by atoms with Crippen LogP contribution in [-0.2, 0) is 10.2 Å². The molecule has 1 saturated heterocycles. The van der Waals surface area contributed by atoms with E-state index in [0.717, 1.165) is 36.8 Å². The number of carbonyl (C=O) groups excluding carboxylic acids is 1. The van der Waals surface area contributed by atoms with Gasteiger partial charge in [-0.1, -0.05) is 32.9 Å². The molecular formula is C23H33F3N4O. The Hall–Kier alpha value is -1.99. The van der Waals surface area contributed by atoms with E-state index < -0.39 is 12.2 Å². The molecule has 0 spiro atoms. The number of likely N-dealkylation sites (tertiary alicyclic amines) is 1. The molecule has 1 N–H and O–H groups in total. The first-order valence-electron chi connectivity index (χ1n) is 11.4. The molecule has 1 aromatic rings. The van der Waals surface area contributed by atoms with E-state index >= 15 is 0 Å². The number of carbonyl (C=O) groups is 1. The predicted molar refractivity (Wildman–Crippen MR) is 114 cm³/mol. The van der Waals surface area contributed by atoms with Crippen molar-refractivity contribution in [1.29, 1.82) is 0 Å². The topological polar surface area (TPSA) is 50.2 Å². The molecule has 5 nitrogen and oxygen atoms in total. The number of nitrogens with one attached hydrogen (secondary N) is 1. The third-order valence-corrected chi connectivity index (χ3v) is 6.94. The lowest BCUT2D eigenvalue weighted by Gasteiger charge is -2.42. The minimum atomic E-state index is -4.37. The van der Waals surface area contributed by atoms with E-state index in [9.17, 15) is 18.0 Å². The molecule has 172 valence electrons. The summed E-state index contributed by atoms with van der Waals surface area (Å²) < 4.78 is 43.0. The summed E-state index contributed by atoms with van der Waals surface area (Å²) >= 11 is 0. The fourth-order valence-electron chi connectivity index (χ4n) is 5.09. The summed E-state index contributed by atoms with van der Waals surface area (Å²) in [7, 11) is 0. The number of allylic oxidation sites excluding steroid dienone is 2. The summed E-state index contributed by atoms with van der Waals surface area (Å²) in [6.45, 7) is 7.09. The second-order valence-corrected chi connectivity index (χ2v) is 10.3. The summed E-state index contributed by atoms with van der Waals surface area (Å²) in [4.78, 5) is 14.9. The van der Waals surface area contributed by atoms with Crippen LogP contribution in [0.2, 0.25) is 0 Å². The van der Waals surface area contributed by atoms with Crippen LogP contribution in [0.25, 0.3) is 0 Å². The van der Waals surface area contributed by atoms with Crippen molar-refractivity contribution in [2.75, 3.05) is 18.4 Å². The molecule has 1 aromatic heterocycles. The van der Waals surface area contributed by atoms with Gasteiger partial charge in [-0.25, -0.2) is 4.68 Å². The van der Waals surface area contributed by atoms with Crippen LogP contribution in [-0.4, -0.2) is 45.9 Å². The van der Waals surface area contributed by atoms with Crippen LogP contribution in [0.5, 0.6) is 0 Å². The highest BCUT2D eigenvalue weighted by Gasteiger charge is 2.48. The number of aromatic nitrogens is 2. The van der Waals surface area contributed by atoms with E-state index in [2.05, 4.69) is 22.6 Å². The van der Waals surface area contributed by atoms with Crippen molar-refractivity contribution < 1.29 is 18.0 Å². The van der Waals surface area contributed by atoms with E-state index in [-0.39, 0.29) is 35.6 Å². The third-order valence-electron chi connectivity index (χ3n) is 6.94. The monoisotopic (exact) mass is 438 g/mol. The SMILES string of the molecule is CC(C)(C)c1cc2n(n1)[C@@H](C(F)(F)F)C[C@@H]([C@H]1CCCN(C(=O)[C@@H]3CC=CCC3)C1)N2. The molecule has 0 unspecified atom stereocenters. The molecule has 1 amide bonds. The molecule has 3 aliphatic rings. The zero-order chi connectivity index (χ0) is 22.4. The first-order valence-corrected chi connectivity index (χ1v) is 11.4. The van der Waals surface area contributed by atoms with E-state index in [1.54, 1.807) is 6.07 Å². The Bertz CT molecular complexity index is 839. The number of nitrogens with zero attached hydrogens (tertiary/aromatic N) is 3. The highest BCUT2D eigenvalue weighted by Crippen LogP contribution is 2.43. The van der Waals surface area contributed by atoms with Crippen LogP contribution in [0, 0.1) is 11.8 Å². The van der Waals surface area contributed by atoms with Crippen molar-refractivity contribution in [2.45, 2.75) is 83.0 Å². The molecule has 4 atom stereocenters. The van der Waals surface area contributed by atoms with Crippen molar-refractivity contribution in [3.63, 3.8) is 0 Å². The largest absolute Gasteiger partial charge is 0.410 e. The maximum absolute atomic E-state index is 14.0. The van der Waals surface area contributed by atoms with Gasteiger partial charge in [-0.15, -0.1) is 0 Å². The number of anilines is 1. The van der Waals surface area contributed by atoms with Crippen molar-refractivity contribution in [3.05, 3.63) is 23.9 Å². The van der Waals surface area contributed by atoms with Crippen LogP contribution < -0.4 is 5.32 Å². The Balaban J connectivity index is 1.53. The molecule has 8 heteroatoms. The molecule has 1 aliphatic carbocycles. The quantitative estimate of drug-likeness (QED) is 0.657. The fraction of sp³-hybridized carbons (Fsp3) is 0.739. The van der Waals surface area contributed by atoms with Gasteiger partial charge in [0, 0.05) is 36.5 Å². The van der Waals surface area contributed by atoms with Crippen molar-refractivity contribution in [3.8, 4) is 0 Å². The number of alkyl halides is 3. The standard InChI is InChI=1S/C23H33F3N4O/c1-22(2,3)18-13-20-27-17(12-19(23(24,25)26)30(20)28-18)16-10-7-11-29(14-16)21(31)15-8-5-4-6-9-15/h4-5,13,15-17,19,27H,6-12,14H2,1-3H3/t15-,16+,17+,19-/m1/s1. The number of hydrogen-bond donors (Lipinski definition) is 1. The van der Waals surface area contributed by atoms with E-state index in [1.165, 1.54) is 0 Å². The summed E-state index contributed by atoms with van der Waals surface area (Å²) in [6, 6.07) is -0.213. The van der Waals surface area contributed by atoms with Gasteiger partial charge in [-0.2, -0.15) is 18.3 Å². The minimum Gasteiger partial charge on any atom is -0.367 e. The van der Waals surface area contributed by atoms with Gasteiger partial charge in [-0.05, 0) is 44.4 Å². The molecule has 0 aromatic carbocycles. The van der Waals surface area contributed by atoms with E-state index in [4.69, 9.17) is 0 Å². The highest BCUT2D eigenvalue weighted by molar-refractivity contribution is 5.79. The smallest absolute Gasteiger partial charge is 0.367 e. The molecule has 31 heavy (non-hydrogen) atoms. The number of fused-ring (bicyclic) bond motifs is 1. The summed E-state index contributed by atoms with van der Waals surface area (Å²) in [5, 5.41) is 7.67. The normalized spacial score (nSPS) is 29.4. The van der Waals surface area contributed by atoms with Gasteiger partial charge < -0.3 is 10.2 Å². The average Bonchev–Trinajstić information content (AvgIpc) is 3.17. The second kappa shape index (κ2) is 8.17. The fourth-order valence-corrected chi connectivity index (χ4v) is 5.09. The zero-order valence-electron chi connectivity index (χ0n) is 18.6. The Morgan fingerprint density at radius 3 is 2.61 bits per heavy atom. The third kappa shape index (κ3) is 4.62. The van der Waals surface area contributed by atoms with Gasteiger partial charge >= 0.3 is 6.18 Å². The first-order chi connectivity index (χ1) is 14.5. The van der Waals surface area contributed by atoms with Gasteiger partial charge in [0.15, 0.2) is 6.04 Å². The number of amides is 1. The number of halogens is 3. The summed E-state index contributed by atoms with van der Waals surface area (Å²) in [5.41, 5.74) is 0.316. The Kier molecular flexibility index (Phi) is 5.85. The minimum absolute atomic E-state index is 0.00317. The Labute approximate surface area is 182 Å². The van der Waals surface area contributed by atoms with Gasteiger partial charge in [0.25, 0.3) is 0 Å². The molecule has 4 rings (SSSR count). The zero-order valence-corrected chi connectivity index (χ0v) is 18.6. The van der Waals surface area contributed by atoms with Gasteiger partial charge in [0.05, 0.1) is 5.69 Å². The van der Waals surface area contributed by atoms with Crippen molar-refractivity contribution in [1.82, 2.24) is 14.7 Å². The van der Waals surface area contributed by atoms with Crippen LogP contribution >= 0.6 is 0 Å². The first kappa shape index (κ1) is 22.2. The molecule has 0 bridgehead atoms. The number of rotatable bonds is 2. The number of piperidine rings is 1. The van der Waals surface area contributed by atoms with Crippen molar-refractivity contribution >= 4 is 11.7 Å². The molecule has 0 radical (unpaired) electrons. The van der Waals surface area contributed by atoms with Crippen molar-refractivity contribution in [2.24, 2.45) is 11.8 Å². The Morgan fingerprint density at radius 1 is 1.19 bits per heavy atom. The van der Waals surface area contributed by atoms with Gasteiger partial charge in [0.2, 0.25) is 5.91 Å². The van der Waals surface area contributed by atoms with Gasteiger partial charge in [0.1, 0.15) is 5.82 Å². The molecule has 1 fully saturated rings. The molecule has 0 saturated carbocycles. The maximum Gasteiger partial charge on any atom is 0.410 e. The van der Waals surface area contributed by atoms with E-state index in [0.29, 0.717) is 24.6 Å². The number of hydrogen-bond acceptors (Lipinski definition) is 3. The summed E-state index contributed by atoms with van der Waals surface area (Å²) in [5.74, 6) is 0.617. The highest BCUT2D eigenvalue weighted by atomic mass is 19.4. The lowest BCUT2D eigenvalue weighted by Crippen LogP contribution is -2.50. The Morgan fingerprint density at radius 2 is 1.97 bits per heavy atom. The predicted octanol–water partition coefficient (Wildman–Crippen LogP) is 5.06. The maximum atomic E-state index is 14.0. The average molecular weight is 439 g/mol. The molecule has 3 heterocycles. The van der Waals surface area contributed by atoms with E-state index in [1.807, 2.05) is 25.7 Å². The van der Waals surface area contributed by atoms with Crippen LogP contribution in [0.3, 0.4) is 0 Å². The lowest BCUT2D eigenvalue weighted by atomic mass is 9.84. The molecular weight excluding hydrogens is 405 g/mol.